The Morgan fingerprint density at radius 1 is 1.24 bits per heavy atom. The highest BCUT2D eigenvalue weighted by Crippen LogP contribution is 2.26. The number of fused-ring (bicyclic) bond motifs is 1. The molecule has 5 heteroatoms. The fourth-order valence-corrected chi connectivity index (χ4v) is 2.27. The topological polar surface area (TPSA) is 41.6 Å². The van der Waals surface area contributed by atoms with Crippen molar-refractivity contribution in [3.05, 3.63) is 46.0 Å². The second kappa shape index (κ2) is 4.13. The Hall–Kier alpha value is -1.39. The van der Waals surface area contributed by atoms with Crippen molar-refractivity contribution in [1.82, 2.24) is 15.0 Å². The van der Waals surface area contributed by atoms with Crippen LogP contribution in [0.4, 0.5) is 0 Å². The summed E-state index contributed by atoms with van der Waals surface area (Å²) >= 11 is 9.39. The van der Waals surface area contributed by atoms with Crippen molar-refractivity contribution < 1.29 is 0 Å². The van der Waals surface area contributed by atoms with E-state index in [4.69, 9.17) is 11.6 Å². The molecule has 3 aromatic rings. The smallest absolute Gasteiger partial charge is 0.158 e. The predicted molar refractivity (Wildman–Crippen MR) is 72.0 cm³/mol. The molecule has 0 spiro atoms. The molecule has 3 nitrogen and oxygen atoms in total. The van der Waals surface area contributed by atoms with Crippen molar-refractivity contribution >= 4 is 38.6 Å². The van der Waals surface area contributed by atoms with E-state index in [1.165, 1.54) is 0 Å². The predicted octanol–water partition coefficient (Wildman–Crippen LogP) is 4.04. The van der Waals surface area contributed by atoms with E-state index in [0.29, 0.717) is 5.02 Å². The summed E-state index contributed by atoms with van der Waals surface area (Å²) in [4.78, 5) is 12.0. The Morgan fingerprint density at radius 2 is 2.12 bits per heavy atom. The molecule has 0 saturated heterocycles. The van der Waals surface area contributed by atoms with Crippen LogP contribution in [0.5, 0.6) is 0 Å². The molecular formula is C12H7BrClN3. The van der Waals surface area contributed by atoms with E-state index < -0.39 is 0 Å². The van der Waals surface area contributed by atoms with E-state index in [0.717, 1.165) is 27.0 Å². The lowest BCUT2D eigenvalue weighted by molar-refractivity contribution is 1.22. The summed E-state index contributed by atoms with van der Waals surface area (Å²) in [5, 5.41) is 0.688. The molecule has 0 unspecified atom stereocenters. The Kier molecular flexibility index (Phi) is 2.61. The van der Waals surface area contributed by atoms with Crippen molar-refractivity contribution in [1.29, 1.82) is 0 Å². The first kappa shape index (κ1) is 10.7. The maximum Gasteiger partial charge on any atom is 0.158 e. The monoisotopic (exact) mass is 307 g/mol. The summed E-state index contributed by atoms with van der Waals surface area (Å²) in [5.41, 5.74) is 2.58. The average Bonchev–Trinajstić information content (AvgIpc) is 2.72. The van der Waals surface area contributed by atoms with Gasteiger partial charge in [-0.15, -0.1) is 0 Å². The van der Waals surface area contributed by atoms with Gasteiger partial charge in [-0.3, -0.25) is 4.98 Å². The second-order valence-electron chi connectivity index (χ2n) is 3.58. The van der Waals surface area contributed by atoms with Gasteiger partial charge in [-0.25, -0.2) is 4.98 Å². The molecule has 0 aliphatic rings. The number of benzene rings is 1. The van der Waals surface area contributed by atoms with Crippen molar-refractivity contribution in [3.8, 4) is 11.5 Å². The molecule has 1 aromatic carbocycles. The number of aromatic amines is 1. The van der Waals surface area contributed by atoms with Gasteiger partial charge in [0.1, 0.15) is 5.69 Å². The van der Waals surface area contributed by atoms with Crippen LogP contribution in [0.3, 0.4) is 0 Å². The van der Waals surface area contributed by atoms with Crippen LogP contribution in [-0.2, 0) is 0 Å². The Morgan fingerprint density at radius 3 is 2.94 bits per heavy atom. The molecule has 0 aliphatic carbocycles. The second-order valence-corrected chi connectivity index (χ2v) is 4.87. The number of halogens is 2. The van der Waals surface area contributed by atoms with Crippen LogP contribution in [0.25, 0.3) is 22.6 Å². The number of rotatable bonds is 1. The minimum atomic E-state index is 0.688. The summed E-state index contributed by atoms with van der Waals surface area (Å²) in [5.74, 6) is 0.731. The van der Waals surface area contributed by atoms with Gasteiger partial charge in [0.05, 0.1) is 11.0 Å². The van der Waals surface area contributed by atoms with Gasteiger partial charge in [0.2, 0.25) is 0 Å². The van der Waals surface area contributed by atoms with Gasteiger partial charge in [-0.05, 0) is 46.3 Å². The molecule has 2 aromatic heterocycles. The molecule has 17 heavy (non-hydrogen) atoms. The van der Waals surface area contributed by atoms with Crippen LogP contribution in [0.15, 0.2) is 41.0 Å². The van der Waals surface area contributed by atoms with Crippen LogP contribution >= 0.6 is 27.5 Å². The van der Waals surface area contributed by atoms with Gasteiger partial charge >= 0.3 is 0 Å². The minimum Gasteiger partial charge on any atom is -0.337 e. The Labute approximate surface area is 111 Å². The van der Waals surface area contributed by atoms with Gasteiger partial charge in [0.25, 0.3) is 0 Å². The largest absolute Gasteiger partial charge is 0.337 e. The van der Waals surface area contributed by atoms with E-state index >= 15 is 0 Å². The molecule has 84 valence electrons. The fraction of sp³-hybridized carbons (Fsp3) is 0. The number of H-pyrrole nitrogens is 1. The zero-order valence-corrected chi connectivity index (χ0v) is 11.0. The third-order valence-corrected chi connectivity index (χ3v) is 3.30. The molecule has 0 fully saturated rings. The maximum atomic E-state index is 5.93. The zero-order valence-electron chi connectivity index (χ0n) is 8.61. The number of aromatic nitrogens is 3. The lowest BCUT2D eigenvalue weighted by atomic mass is 10.3. The van der Waals surface area contributed by atoms with Crippen LogP contribution in [0.2, 0.25) is 5.02 Å². The number of pyridine rings is 1. The Bertz CT molecular complexity index is 693. The summed E-state index contributed by atoms with van der Waals surface area (Å²) in [6, 6.07) is 9.36. The van der Waals surface area contributed by atoms with Gasteiger partial charge < -0.3 is 4.98 Å². The summed E-state index contributed by atoms with van der Waals surface area (Å²) in [6.45, 7) is 0. The first-order valence-corrected chi connectivity index (χ1v) is 6.17. The SMILES string of the molecule is Clc1ccc2nc(-c3ncccc3Br)[nH]c2c1. The average molecular weight is 309 g/mol. The van der Waals surface area contributed by atoms with Crippen molar-refractivity contribution in [2.45, 2.75) is 0 Å². The van der Waals surface area contributed by atoms with Gasteiger partial charge in [-0.1, -0.05) is 11.6 Å². The molecule has 0 aliphatic heterocycles. The maximum absolute atomic E-state index is 5.93. The van der Waals surface area contributed by atoms with E-state index in [2.05, 4.69) is 30.9 Å². The molecule has 0 radical (unpaired) electrons. The highest BCUT2D eigenvalue weighted by Gasteiger charge is 2.09. The molecule has 3 rings (SSSR count). The van der Waals surface area contributed by atoms with Crippen LogP contribution in [0.1, 0.15) is 0 Å². The Balaban J connectivity index is 2.22. The van der Waals surface area contributed by atoms with Crippen molar-refractivity contribution in [2.75, 3.05) is 0 Å². The number of hydrogen-bond acceptors (Lipinski definition) is 2. The van der Waals surface area contributed by atoms with E-state index in [1.807, 2.05) is 30.3 Å². The van der Waals surface area contributed by atoms with Crippen molar-refractivity contribution in [3.63, 3.8) is 0 Å². The molecule has 0 amide bonds. The lowest BCUT2D eigenvalue weighted by Gasteiger charge is -1.97. The highest BCUT2D eigenvalue weighted by atomic mass is 79.9. The number of imidazole rings is 1. The fourth-order valence-electron chi connectivity index (χ4n) is 1.65. The van der Waals surface area contributed by atoms with Gasteiger partial charge in [0.15, 0.2) is 5.82 Å². The standard InChI is InChI=1S/C12H7BrClN3/c13-8-2-1-5-15-11(8)12-16-9-4-3-7(14)6-10(9)17-12/h1-6H,(H,16,17). The normalized spacial score (nSPS) is 10.9. The van der Waals surface area contributed by atoms with Gasteiger partial charge in [-0.2, -0.15) is 0 Å². The number of nitrogens with zero attached hydrogens (tertiary/aromatic N) is 2. The van der Waals surface area contributed by atoms with Crippen LogP contribution < -0.4 is 0 Å². The minimum absolute atomic E-state index is 0.688. The van der Waals surface area contributed by atoms with Crippen molar-refractivity contribution in [2.24, 2.45) is 0 Å². The van der Waals surface area contributed by atoms with E-state index in [1.54, 1.807) is 6.20 Å². The first-order chi connectivity index (χ1) is 8.24. The number of nitrogens with one attached hydrogen (secondary N) is 1. The highest BCUT2D eigenvalue weighted by molar-refractivity contribution is 9.10. The van der Waals surface area contributed by atoms with E-state index in [9.17, 15) is 0 Å². The molecular weight excluding hydrogens is 302 g/mol. The van der Waals surface area contributed by atoms with Crippen LogP contribution in [-0.4, -0.2) is 15.0 Å². The third kappa shape index (κ3) is 1.94. The molecule has 0 bridgehead atoms. The summed E-state index contributed by atoms with van der Waals surface area (Å²) in [6.07, 6.45) is 1.74. The molecule has 0 atom stereocenters. The quantitative estimate of drug-likeness (QED) is 0.737. The van der Waals surface area contributed by atoms with E-state index in [-0.39, 0.29) is 0 Å². The third-order valence-electron chi connectivity index (χ3n) is 2.43. The van der Waals surface area contributed by atoms with Crippen LogP contribution in [0, 0.1) is 0 Å². The summed E-state index contributed by atoms with van der Waals surface area (Å²) < 4.78 is 0.908. The number of hydrogen-bond donors (Lipinski definition) is 1. The zero-order chi connectivity index (χ0) is 11.8. The summed E-state index contributed by atoms with van der Waals surface area (Å²) in [7, 11) is 0. The lowest BCUT2D eigenvalue weighted by Crippen LogP contribution is -1.85. The molecule has 1 N–H and O–H groups in total. The first-order valence-electron chi connectivity index (χ1n) is 5.00. The molecule has 0 saturated carbocycles. The van der Waals surface area contributed by atoms with Gasteiger partial charge in [0, 0.05) is 15.7 Å². The molecule has 2 heterocycles.